The highest BCUT2D eigenvalue weighted by Gasteiger charge is 1.98. The largest absolute Gasteiger partial charge is 0.336 e. The van der Waals surface area contributed by atoms with E-state index in [9.17, 15) is 4.79 Å². The van der Waals surface area contributed by atoms with E-state index in [-0.39, 0.29) is 12.1 Å². The van der Waals surface area contributed by atoms with Crippen molar-refractivity contribution in [1.82, 2.24) is 10.6 Å². The molecule has 0 fully saturated rings. The van der Waals surface area contributed by atoms with Crippen LogP contribution in [0.25, 0.3) is 6.08 Å². The zero-order chi connectivity index (χ0) is 12.0. The molecular weight excluding hydrogens is 224 g/mol. The zero-order valence-electron chi connectivity index (χ0n) is 9.33. The molecule has 0 saturated carbocycles. The first kappa shape index (κ1) is 12.6. The van der Waals surface area contributed by atoms with Crippen LogP contribution < -0.4 is 10.6 Å². The lowest BCUT2D eigenvalue weighted by atomic mass is 10.2. The smallest absolute Gasteiger partial charge is 0.318 e. The fraction of sp³-hybridized carbons (Fsp3) is 0.250. The van der Waals surface area contributed by atoms with Gasteiger partial charge in [0.2, 0.25) is 0 Å². The van der Waals surface area contributed by atoms with Gasteiger partial charge in [-0.3, -0.25) is 0 Å². The fourth-order valence-corrected chi connectivity index (χ4v) is 1.33. The highest BCUT2D eigenvalue weighted by atomic mass is 35.5. The first-order valence-corrected chi connectivity index (χ1v) is 5.45. The molecule has 86 valence electrons. The van der Waals surface area contributed by atoms with Crippen LogP contribution in [0.3, 0.4) is 0 Å². The number of hydrogen-bond donors (Lipinski definition) is 2. The molecule has 0 radical (unpaired) electrons. The molecule has 0 saturated heterocycles. The predicted molar refractivity (Wildman–Crippen MR) is 67.3 cm³/mol. The van der Waals surface area contributed by atoms with Crippen molar-refractivity contribution < 1.29 is 4.79 Å². The van der Waals surface area contributed by atoms with Crippen LogP contribution in [-0.4, -0.2) is 12.1 Å². The van der Waals surface area contributed by atoms with Gasteiger partial charge in [-0.05, 0) is 37.6 Å². The summed E-state index contributed by atoms with van der Waals surface area (Å²) in [6, 6.07) is 7.30. The van der Waals surface area contributed by atoms with Gasteiger partial charge >= 0.3 is 6.03 Å². The average molecular weight is 239 g/mol. The number of urea groups is 1. The van der Waals surface area contributed by atoms with Crippen molar-refractivity contribution in [3.63, 3.8) is 0 Å². The maximum Gasteiger partial charge on any atom is 0.318 e. The molecule has 0 aromatic heterocycles. The highest BCUT2D eigenvalue weighted by Crippen LogP contribution is 2.11. The Hall–Kier alpha value is -1.48. The summed E-state index contributed by atoms with van der Waals surface area (Å²) in [7, 11) is 0. The Morgan fingerprint density at radius 3 is 2.81 bits per heavy atom. The molecule has 0 aliphatic carbocycles. The quantitative estimate of drug-likeness (QED) is 0.835. The van der Waals surface area contributed by atoms with Crippen molar-refractivity contribution in [3.05, 3.63) is 41.1 Å². The van der Waals surface area contributed by atoms with E-state index in [1.807, 2.05) is 32.0 Å². The zero-order valence-corrected chi connectivity index (χ0v) is 10.1. The van der Waals surface area contributed by atoms with Gasteiger partial charge in [0.15, 0.2) is 0 Å². The van der Waals surface area contributed by atoms with E-state index in [1.165, 1.54) is 0 Å². The summed E-state index contributed by atoms with van der Waals surface area (Å²) in [5, 5.41) is 6.00. The monoisotopic (exact) mass is 238 g/mol. The molecule has 0 atom stereocenters. The van der Waals surface area contributed by atoms with Crippen molar-refractivity contribution in [2.45, 2.75) is 19.9 Å². The summed E-state index contributed by atoms with van der Waals surface area (Å²) < 4.78 is 0. The van der Waals surface area contributed by atoms with Crippen molar-refractivity contribution >= 4 is 23.7 Å². The Kier molecular flexibility index (Phi) is 4.86. The Morgan fingerprint density at radius 2 is 2.19 bits per heavy atom. The van der Waals surface area contributed by atoms with Gasteiger partial charge in [0.1, 0.15) is 0 Å². The first-order valence-electron chi connectivity index (χ1n) is 5.07. The van der Waals surface area contributed by atoms with Gasteiger partial charge < -0.3 is 10.6 Å². The predicted octanol–water partition coefficient (Wildman–Crippen LogP) is 3.02. The third-order valence-electron chi connectivity index (χ3n) is 1.76. The van der Waals surface area contributed by atoms with E-state index in [2.05, 4.69) is 10.6 Å². The topological polar surface area (TPSA) is 41.1 Å². The molecule has 0 aliphatic heterocycles. The van der Waals surface area contributed by atoms with Crippen LogP contribution >= 0.6 is 11.6 Å². The molecular formula is C12H15ClN2O. The number of benzene rings is 1. The number of nitrogens with one attached hydrogen (secondary N) is 2. The van der Waals surface area contributed by atoms with E-state index in [1.54, 1.807) is 18.3 Å². The molecule has 0 aliphatic rings. The number of carbonyl (C=O) groups is 1. The number of rotatable bonds is 3. The summed E-state index contributed by atoms with van der Waals surface area (Å²) in [6.07, 6.45) is 3.37. The third-order valence-corrected chi connectivity index (χ3v) is 1.99. The van der Waals surface area contributed by atoms with Crippen molar-refractivity contribution in [1.29, 1.82) is 0 Å². The van der Waals surface area contributed by atoms with Gasteiger partial charge in [0, 0.05) is 17.3 Å². The maximum atomic E-state index is 11.2. The molecule has 1 aromatic carbocycles. The van der Waals surface area contributed by atoms with E-state index in [0.29, 0.717) is 5.02 Å². The Balaban J connectivity index is 2.46. The molecule has 0 unspecified atom stereocenters. The lowest BCUT2D eigenvalue weighted by molar-refractivity contribution is 0.242. The van der Waals surface area contributed by atoms with Crippen molar-refractivity contribution in [3.8, 4) is 0 Å². The van der Waals surface area contributed by atoms with Crippen molar-refractivity contribution in [2.24, 2.45) is 0 Å². The molecule has 2 amide bonds. The molecule has 1 rings (SSSR count). The normalized spacial score (nSPS) is 10.8. The maximum absolute atomic E-state index is 11.2. The first-order chi connectivity index (χ1) is 7.58. The summed E-state index contributed by atoms with van der Waals surface area (Å²) in [5.41, 5.74) is 0.942. The molecule has 16 heavy (non-hydrogen) atoms. The second kappa shape index (κ2) is 6.18. The fourth-order valence-electron chi connectivity index (χ4n) is 1.13. The van der Waals surface area contributed by atoms with E-state index in [4.69, 9.17) is 11.6 Å². The average Bonchev–Trinajstić information content (AvgIpc) is 2.16. The lowest BCUT2D eigenvalue weighted by Crippen LogP contribution is -2.36. The second-order valence-electron chi connectivity index (χ2n) is 3.66. The summed E-state index contributed by atoms with van der Waals surface area (Å²) in [6.45, 7) is 3.81. The Labute approximate surface area is 100 Å². The van der Waals surface area contributed by atoms with Crippen LogP contribution in [-0.2, 0) is 0 Å². The molecule has 0 spiro atoms. The van der Waals surface area contributed by atoms with Gasteiger partial charge in [0.05, 0.1) is 0 Å². The molecule has 2 N–H and O–H groups in total. The minimum atomic E-state index is -0.215. The van der Waals surface area contributed by atoms with Gasteiger partial charge in [-0.15, -0.1) is 0 Å². The lowest BCUT2D eigenvalue weighted by Gasteiger charge is -2.06. The van der Waals surface area contributed by atoms with Gasteiger partial charge in [0.25, 0.3) is 0 Å². The highest BCUT2D eigenvalue weighted by molar-refractivity contribution is 6.30. The van der Waals surface area contributed by atoms with Crippen LogP contribution in [0.2, 0.25) is 5.02 Å². The second-order valence-corrected chi connectivity index (χ2v) is 4.10. The van der Waals surface area contributed by atoms with Gasteiger partial charge in [-0.2, -0.15) is 0 Å². The van der Waals surface area contributed by atoms with Crippen LogP contribution in [0.4, 0.5) is 4.79 Å². The Morgan fingerprint density at radius 1 is 1.44 bits per heavy atom. The minimum absolute atomic E-state index is 0.125. The molecule has 4 heteroatoms. The van der Waals surface area contributed by atoms with Gasteiger partial charge in [-0.1, -0.05) is 23.7 Å². The van der Waals surface area contributed by atoms with Gasteiger partial charge in [-0.25, -0.2) is 4.79 Å². The number of amides is 2. The summed E-state index contributed by atoms with van der Waals surface area (Å²) in [5.74, 6) is 0. The third kappa shape index (κ3) is 4.84. The van der Waals surface area contributed by atoms with E-state index < -0.39 is 0 Å². The van der Waals surface area contributed by atoms with Crippen LogP contribution in [0.1, 0.15) is 19.4 Å². The molecule has 3 nitrogen and oxygen atoms in total. The van der Waals surface area contributed by atoms with E-state index >= 15 is 0 Å². The van der Waals surface area contributed by atoms with Crippen LogP contribution in [0.5, 0.6) is 0 Å². The SMILES string of the molecule is CC(C)NC(=O)N/C=C/c1cccc(Cl)c1. The van der Waals surface area contributed by atoms with E-state index in [0.717, 1.165) is 5.56 Å². The molecule has 0 bridgehead atoms. The number of halogens is 1. The molecule has 1 aromatic rings. The van der Waals surface area contributed by atoms with Crippen LogP contribution in [0.15, 0.2) is 30.5 Å². The number of hydrogen-bond acceptors (Lipinski definition) is 1. The molecule has 0 heterocycles. The Bertz CT molecular complexity index is 388. The standard InChI is InChI=1S/C12H15ClN2O/c1-9(2)15-12(16)14-7-6-10-4-3-5-11(13)8-10/h3-9H,1-2H3,(H2,14,15,16)/b7-6+. The number of carbonyl (C=O) groups excluding carboxylic acids is 1. The minimum Gasteiger partial charge on any atom is -0.336 e. The van der Waals surface area contributed by atoms with Crippen molar-refractivity contribution in [2.75, 3.05) is 0 Å². The summed E-state index contributed by atoms with van der Waals surface area (Å²) in [4.78, 5) is 11.2. The van der Waals surface area contributed by atoms with Crippen LogP contribution in [0, 0.1) is 0 Å². The summed E-state index contributed by atoms with van der Waals surface area (Å²) >= 11 is 5.82.